The molecule has 0 aliphatic heterocycles. The zero-order valence-electron chi connectivity index (χ0n) is 11.1. The molecule has 0 aromatic carbocycles. The van der Waals surface area contributed by atoms with Gasteiger partial charge in [-0.3, -0.25) is 4.79 Å². The fourth-order valence-electron chi connectivity index (χ4n) is 0.965. The first-order valence-electron chi connectivity index (χ1n) is 5.87. The molecule has 1 unspecified atom stereocenters. The van der Waals surface area contributed by atoms with Crippen molar-refractivity contribution in [3.05, 3.63) is 12.7 Å². The van der Waals surface area contributed by atoms with Crippen LogP contribution >= 0.6 is 0 Å². The predicted molar refractivity (Wildman–Crippen MR) is 65.4 cm³/mol. The molecular formula is C13H22O4. The third kappa shape index (κ3) is 5.52. The zero-order chi connectivity index (χ0) is 13.5. The molecule has 0 rings (SSSR count). The average molecular weight is 242 g/mol. The molecule has 0 aromatic rings. The van der Waals surface area contributed by atoms with Crippen molar-refractivity contribution in [2.75, 3.05) is 6.61 Å². The zero-order valence-corrected chi connectivity index (χ0v) is 11.1. The molecule has 0 spiro atoms. The van der Waals surface area contributed by atoms with Crippen molar-refractivity contribution in [2.45, 2.75) is 46.1 Å². The van der Waals surface area contributed by atoms with Crippen molar-refractivity contribution in [3.8, 4) is 0 Å². The van der Waals surface area contributed by atoms with Crippen molar-refractivity contribution in [1.82, 2.24) is 0 Å². The predicted octanol–water partition coefficient (Wildman–Crippen LogP) is 2.47. The van der Waals surface area contributed by atoms with Gasteiger partial charge in [0.05, 0.1) is 12.5 Å². The number of carbonyl (C=O) groups excluding carboxylic acids is 2. The summed E-state index contributed by atoms with van der Waals surface area (Å²) in [5.41, 5.74) is -1.25. The average Bonchev–Trinajstić information content (AvgIpc) is 2.27. The Kier molecular flexibility index (Phi) is 6.54. The van der Waals surface area contributed by atoms with Crippen LogP contribution < -0.4 is 0 Å². The van der Waals surface area contributed by atoms with Gasteiger partial charge in [-0.1, -0.05) is 19.4 Å². The fraction of sp³-hybridized carbons (Fsp3) is 0.692. The highest BCUT2D eigenvalue weighted by molar-refractivity contribution is 5.83. The maximum absolute atomic E-state index is 11.7. The number of ether oxygens (including phenoxy) is 2. The molecule has 0 heterocycles. The van der Waals surface area contributed by atoms with Crippen molar-refractivity contribution >= 4 is 11.9 Å². The van der Waals surface area contributed by atoms with Gasteiger partial charge >= 0.3 is 11.9 Å². The van der Waals surface area contributed by atoms with E-state index in [1.54, 1.807) is 6.92 Å². The molecule has 0 saturated heterocycles. The van der Waals surface area contributed by atoms with Crippen LogP contribution in [0.15, 0.2) is 12.7 Å². The number of rotatable bonds is 7. The summed E-state index contributed by atoms with van der Waals surface area (Å²) >= 11 is 0. The second-order valence-electron chi connectivity index (χ2n) is 4.45. The smallest absolute Gasteiger partial charge is 0.350 e. The van der Waals surface area contributed by atoms with Gasteiger partial charge in [-0.2, -0.15) is 0 Å². The van der Waals surface area contributed by atoms with E-state index in [9.17, 15) is 9.59 Å². The van der Waals surface area contributed by atoms with Crippen LogP contribution in [-0.2, 0) is 19.1 Å². The van der Waals surface area contributed by atoms with E-state index in [2.05, 4.69) is 6.58 Å². The molecule has 0 bridgehead atoms. The molecular weight excluding hydrogens is 220 g/mol. The Balaban J connectivity index is 4.30. The van der Waals surface area contributed by atoms with E-state index in [-0.39, 0.29) is 0 Å². The number of hydrogen-bond donors (Lipinski definition) is 0. The standard InChI is InChI=1S/C13H22O4/c1-6-8-9-16-12(15)13(4,5)17-11(14)10(3)7-2/h7,10H,2,6,8-9H2,1,3-5H3. The van der Waals surface area contributed by atoms with Gasteiger partial charge in [0.15, 0.2) is 0 Å². The monoisotopic (exact) mass is 242 g/mol. The summed E-state index contributed by atoms with van der Waals surface area (Å²) in [6.45, 7) is 10.6. The highest BCUT2D eigenvalue weighted by Crippen LogP contribution is 2.15. The van der Waals surface area contributed by atoms with Gasteiger partial charge in [0, 0.05) is 0 Å². The summed E-state index contributed by atoms with van der Waals surface area (Å²) in [4.78, 5) is 23.2. The molecule has 4 heteroatoms. The molecule has 0 aliphatic rings. The van der Waals surface area contributed by atoms with Gasteiger partial charge in [-0.05, 0) is 27.2 Å². The highest BCUT2D eigenvalue weighted by atomic mass is 16.6. The van der Waals surface area contributed by atoms with E-state index in [0.717, 1.165) is 12.8 Å². The fourth-order valence-corrected chi connectivity index (χ4v) is 0.965. The molecule has 1 atom stereocenters. The minimum absolute atomic E-state index is 0.354. The summed E-state index contributed by atoms with van der Waals surface area (Å²) in [6, 6.07) is 0. The van der Waals surface area contributed by atoms with Crippen LogP contribution in [0.2, 0.25) is 0 Å². The SMILES string of the molecule is C=CC(C)C(=O)OC(C)(C)C(=O)OCCCC. The van der Waals surface area contributed by atoms with Gasteiger partial charge in [0.2, 0.25) is 5.60 Å². The Morgan fingerprint density at radius 2 is 2.00 bits per heavy atom. The lowest BCUT2D eigenvalue weighted by atomic mass is 10.1. The number of esters is 2. The maximum Gasteiger partial charge on any atom is 0.350 e. The molecule has 98 valence electrons. The van der Waals surface area contributed by atoms with Crippen LogP contribution in [0.3, 0.4) is 0 Å². The Morgan fingerprint density at radius 1 is 1.41 bits per heavy atom. The quantitative estimate of drug-likeness (QED) is 0.391. The third-order valence-electron chi connectivity index (χ3n) is 2.30. The van der Waals surface area contributed by atoms with Gasteiger partial charge in [-0.25, -0.2) is 4.79 Å². The van der Waals surface area contributed by atoms with E-state index in [4.69, 9.17) is 9.47 Å². The number of unbranched alkanes of at least 4 members (excludes halogenated alkanes) is 1. The summed E-state index contributed by atoms with van der Waals surface area (Å²) < 4.78 is 10.1. The van der Waals surface area contributed by atoms with Crippen LogP contribution in [0.5, 0.6) is 0 Å². The van der Waals surface area contributed by atoms with Crippen LogP contribution in [-0.4, -0.2) is 24.1 Å². The van der Waals surface area contributed by atoms with Crippen LogP contribution in [0.4, 0.5) is 0 Å². The van der Waals surface area contributed by atoms with Gasteiger partial charge < -0.3 is 9.47 Å². The minimum atomic E-state index is -1.25. The van der Waals surface area contributed by atoms with Gasteiger partial charge in [0.1, 0.15) is 0 Å². The molecule has 0 radical (unpaired) electrons. The normalized spacial score (nSPS) is 12.7. The van der Waals surface area contributed by atoms with Gasteiger partial charge in [-0.15, -0.1) is 6.58 Å². The van der Waals surface area contributed by atoms with Crippen LogP contribution in [0, 0.1) is 5.92 Å². The first-order chi connectivity index (χ1) is 7.85. The second kappa shape index (κ2) is 7.09. The van der Waals surface area contributed by atoms with Crippen molar-refractivity contribution < 1.29 is 19.1 Å². The lowest BCUT2D eigenvalue weighted by Crippen LogP contribution is -2.40. The Morgan fingerprint density at radius 3 is 2.47 bits per heavy atom. The van der Waals surface area contributed by atoms with Crippen LogP contribution in [0.1, 0.15) is 40.5 Å². The molecule has 0 amide bonds. The van der Waals surface area contributed by atoms with Crippen molar-refractivity contribution in [2.24, 2.45) is 5.92 Å². The number of hydrogen-bond acceptors (Lipinski definition) is 4. The molecule has 17 heavy (non-hydrogen) atoms. The Hall–Kier alpha value is -1.32. The molecule has 0 N–H and O–H groups in total. The molecule has 4 nitrogen and oxygen atoms in total. The summed E-state index contributed by atoms with van der Waals surface area (Å²) in [5.74, 6) is -1.43. The first kappa shape index (κ1) is 15.7. The topological polar surface area (TPSA) is 52.6 Å². The summed E-state index contributed by atoms with van der Waals surface area (Å²) in [5, 5.41) is 0. The second-order valence-corrected chi connectivity index (χ2v) is 4.45. The molecule has 0 fully saturated rings. The van der Waals surface area contributed by atoms with E-state index in [1.165, 1.54) is 19.9 Å². The molecule has 0 saturated carbocycles. The summed E-state index contributed by atoms with van der Waals surface area (Å²) in [7, 11) is 0. The first-order valence-corrected chi connectivity index (χ1v) is 5.87. The molecule has 0 aliphatic carbocycles. The van der Waals surface area contributed by atoms with Crippen LogP contribution in [0.25, 0.3) is 0 Å². The lowest BCUT2D eigenvalue weighted by molar-refractivity contribution is -0.180. The largest absolute Gasteiger partial charge is 0.463 e. The van der Waals surface area contributed by atoms with E-state index >= 15 is 0 Å². The van der Waals surface area contributed by atoms with E-state index in [0.29, 0.717) is 6.61 Å². The maximum atomic E-state index is 11.7. The van der Waals surface area contributed by atoms with Crippen molar-refractivity contribution in [3.63, 3.8) is 0 Å². The van der Waals surface area contributed by atoms with E-state index in [1.807, 2.05) is 6.92 Å². The third-order valence-corrected chi connectivity index (χ3v) is 2.30. The Bertz CT molecular complexity index is 281. The molecule has 0 aromatic heterocycles. The highest BCUT2D eigenvalue weighted by Gasteiger charge is 2.34. The summed E-state index contributed by atoms with van der Waals surface area (Å²) in [6.07, 6.45) is 3.22. The van der Waals surface area contributed by atoms with E-state index < -0.39 is 23.5 Å². The van der Waals surface area contributed by atoms with Gasteiger partial charge in [0.25, 0.3) is 0 Å². The van der Waals surface area contributed by atoms with Crippen molar-refractivity contribution in [1.29, 1.82) is 0 Å². The lowest BCUT2D eigenvalue weighted by Gasteiger charge is -2.24. The minimum Gasteiger partial charge on any atom is -0.463 e. The number of carbonyl (C=O) groups is 2. The Labute approximate surface area is 103 Å².